The van der Waals surface area contributed by atoms with Crippen LogP contribution in [0.5, 0.6) is 0 Å². The van der Waals surface area contributed by atoms with Crippen LogP contribution in [0.25, 0.3) is 11.4 Å². The SMILES string of the molecule is [O]n1nnnc1-c1ccccc1. The Labute approximate surface area is 68.2 Å². The molecule has 12 heavy (non-hydrogen) atoms. The van der Waals surface area contributed by atoms with E-state index in [0.717, 1.165) is 5.56 Å². The molecule has 2 aromatic rings. The average Bonchev–Trinajstić information content (AvgIpc) is 2.53. The topological polar surface area (TPSA) is 63.5 Å². The molecule has 0 aliphatic carbocycles. The molecule has 1 heterocycles. The van der Waals surface area contributed by atoms with Gasteiger partial charge >= 0.3 is 0 Å². The first-order chi connectivity index (χ1) is 5.88. The minimum absolute atomic E-state index is 0.232. The van der Waals surface area contributed by atoms with Gasteiger partial charge in [0.25, 0.3) is 0 Å². The van der Waals surface area contributed by atoms with Gasteiger partial charge in [-0.2, -0.15) is 0 Å². The van der Waals surface area contributed by atoms with Crippen LogP contribution < -0.4 is 0 Å². The standard InChI is InChI=1S/C7H5N4O/c12-11-7(8-9-10-11)6-4-2-1-3-5-6/h1-5H. The molecule has 0 atom stereocenters. The molecule has 1 aromatic heterocycles. The number of rotatable bonds is 1. The van der Waals surface area contributed by atoms with Crippen molar-refractivity contribution in [3.63, 3.8) is 0 Å². The minimum Gasteiger partial charge on any atom is -0.143 e. The summed E-state index contributed by atoms with van der Waals surface area (Å²) < 4.78 is 0. The first kappa shape index (κ1) is 6.78. The van der Waals surface area contributed by atoms with Crippen molar-refractivity contribution >= 4 is 0 Å². The summed E-state index contributed by atoms with van der Waals surface area (Å²) in [5, 5.41) is 20.9. The normalized spacial score (nSPS) is 10.0. The molecule has 1 aromatic carbocycles. The molecular weight excluding hydrogens is 156 g/mol. The molecule has 5 nitrogen and oxygen atoms in total. The first-order valence-corrected chi connectivity index (χ1v) is 3.39. The van der Waals surface area contributed by atoms with E-state index in [4.69, 9.17) is 0 Å². The smallest absolute Gasteiger partial charge is 0.143 e. The highest BCUT2D eigenvalue weighted by atomic mass is 16.5. The Morgan fingerprint density at radius 3 is 2.50 bits per heavy atom. The Morgan fingerprint density at radius 2 is 1.92 bits per heavy atom. The van der Waals surface area contributed by atoms with Gasteiger partial charge in [-0.25, -0.2) is 0 Å². The van der Waals surface area contributed by atoms with Gasteiger partial charge in [0.2, 0.25) is 5.82 Å². The predicted molar refractivity (Wildman–Crippen MR) is 39.3 cm³/mol. The van der Waals surface area contributed by atoms with Gasteiger partial charge in [-0.1, -0.05) is 30.3 Å². The van der Waals surface area contributed by atoms with Crippen molar-refractivity contribution in [3.05, 3.63) is 30.3 Å². The van der Waals surface area contributed by atoms with Crippen LogP contribution in [-0.4, -0.2) is 20.4 Å². The molecule has 0 aliphatic heterocycles. The number of nitrogens with zero attached hydrogens (tertiary/aromatic N) is 4. The zero-order chi connectivity index (χ0) is 8.39. The quantitative estimate of drug-likeness (QED) is 0.612. The molecule has 0 saturated carbocycles. The Balaban J connectivity index is 2.51. The molecule has 0 unspecified atom stereocenters. The fourth-order valence-electron chi connectivity index (χ4n) is 0.935. The van der Waals surface area contributed by atoms with Crippen LogP contribution >= 0.6 is 0 Å². The molecule has 0 saturated heterocycles. The predicted octanol–water partition coefficient (Wildman–Crippen LogP) is 0.534. The molecule has 0 amide bonds. The second kappa shape index (κ2) is 2.61. The molecule has 0 spiro atoms. The summed E-state index contributed by atoms with van der Waals surface area (Å²) in [5.41, 5.74) is 0.720. The van der Waals surface area contributed by atoms with Gasteiger partial charge in [-0.05, 0) is 15.3 Å². The summed E-state index contributed by atoms with van der Waals surface area (Å²) in [4.78, 5) is 0.398. The van der Waals surface area contributed by atoms with E-state index in [1.165, 1.54) is 0 Å². The molecule has 1 radical (unpaired) electrons. The van der Waals surface area contributed by atoms with Crippen molar-refractivity contribution in [2.24, 2.45) is 0 Å². The summed E-state index contributed by atoms with van der Waals surface area (Å²) in [6, 6.07) is 9.07. The van der Waals surface area contributed by atoms with E-state index in [1.54, 1.807) is 12.1 Å². The number of benzene rings is 1. The Kier molecular flexibility index (Phi) is 1.48. The zero-order valence-electron chi connectivity index (χ0n) is 6.08. The maximum Gasteiger partial charge on any atom is 0.227 e. The van der Waals surface area contributed by atoms with E-state index in [2.05, 4.69) is 15.5 Å². The Hall–Kier alpha value is -1.91. The Morgan fingerprint density at radius 1 is 1.17 bits per heavy atom. The monoisotopic (exact) mass is 161 g/mol. The van der Waals surface area contributed by atoms with Crippen LogP contribution in [0.1, 0.15) is 0 Å². The molecule has 0 fully saturated rings. The number of hydrogen-bond donors (Lipinski definition) is 0. The molecule has 5 heteroatoms. The van der Waals surface area contributed by atoms with E-state index in [1.807, 2.05) is 18.2 Å². The van der Waals surface area contributed by atoms with Crippen molar-refractivity contribution in [2.45, 2.75) is 0 Å². The molecule has 59 valence electrons. The average molecular weight is 161 g/mol. The van der Waals surface area contributed by atoms with Crippen LogP contribution in [0.3, 0.4) is 0 Å². The van der Waals surface area contributed by atoms with Crippen molar-refractivity contribution in [1.82, 2.24) is 20.4 Å². The van der Waals surface area contributed by atoms with Crippen molar-refractivity contribution in [1.29, 1.82) is 0 Å². The van der Waals surface area contributed by atoms with Gasteiger partial charge in [-0.3, -0.25) is 0 Å². The largest absolute Gasteiger partial charge is 0.227 e. The highest BCUT2D eigenvalue weighted by molar-refractivity contribution is 5.53. The third kappa shape index (κ3) is 1.01. The van der Waals surface area contributed by atoms with E-state index in [0.29, 0.717) is 4.85 Å². The lowest BCUT2D eigenvalue weighted by atomic mass is 10.2. The lowest BCUT2D eigenvalue weighted by Crippen LogP contribution is -1.93. The second-order valence-corrected chi connectivity index (χ2v) is 2.24. The van der Waals surface area contributed by atoms with Gasteiger partial charge in [0.1, 0.15) is 0 Å². The van der Waals surface area contributed by atoms with Crippen molar-refractivity contribution < 1.29 is 5.21 Å². The van der Waals surface area contributed by atoms with E-state index < -0.39 is 0 Å². The van der Waals surface area contributed by atoms with Crippen LogP contribution in [0.2, 0.25) is 0 Å². The van der Waals surface area contributed by atoms with Crippen molar-refractivity contribution in [2.75, 3.05) is 0 Å². The molecule has 2 rings (SSSR count). The van der Waals surface area contributed by atoms with Crippen LogP contribution in [0, 0.1) is 0 Å². The maximum absolute atomic E-state index is 10.9. The lowest BCUT2D eigenvalue weighted by molar-refractivity contribution is 0.0585. The summed E-state index contributed by atoms with van der Waals surface area (Å²) in [5.74, 6) is 0.232. The third-order valence-corrected chi connectivity index (χ3v) is 1.47. The van der Waals surface area contributed by atoms with Crippen molar-refractivity contribution in [3.8, 4) is 11.4 Å². The molecule has 0 aliphatic rings. The van der Waals surface area contributed by atoms with Gasteiger partial charge in [-0.15, -0.1) is 10.3 Å². The summed E-state index contributed by atoms with van der Waals surface area (Å²) in [7, 11) is 0. The number of tetrazole rings is 1. The van der Waals surface area contributed by atoms with Gasteiger partial charge in [0, 0.05) is 5.56 Å². The third-order valence-electron chi connectivity index (χ3n) is 1.47. The molecule has 0 N–H and O–H groups in total. The first-order valence-electron chi connectivity index (χ1n) is 3.39. The van der Waals surface area contributed by atoms with Gasteiger partial charge in [0.15, 0.2) is 0 Å². The second-order valence-electron chi connectivity index (χ2n) is 2.24. The fraction of sp³-hybridized carbons (Fsp3) is 0. The highest BCUT2D eigenvalue weighted by Crippen LogP contribution is 2.12. The summed E-state index contributed by atoms with van der Waals surface area (Å²) in [6.07, 6.45) is 0. The van der Waals surface area contributed by atoms with E-state index in [-0.39, 0.29) is 5.82 Å². The lowest BCUT2D eigenvalue weighted by Gasteiger charge is -1.92. The minimum atomic E-state index is 0.232. The van der Waals surface area contributed by atoms with Crippen LogP contribution in [-0.2, 0) is 5.21 Å². The fourth-order valence-corrected chi connectivity index (χ4v) is 0.935. The number of aromatic nitrogens is 4. The summed E-state index contributed by atoms with van der Waals surface area (Å²) >= 11 is 0. The van der Waals surface area contributed by atoms with Crippen LogP contribution in [0.15, 0.2) is 30.3 Å². The maximum atomic E-state index is 10.9. The van der Waals surface area contributed by atoms with Crippen LogP contribution in [0.4, 0.5) is 0 Å². The zero-order valence-corrected chi connectivity index (χ0v) is 6.08. The van der Waals surface area contributed by atoms with Gasteiger partial charge < -0.3 is 0 Å². The highest BCUT2D eigenvalue weighted by Gasteiger charge is 2.06. The Bertz CT molecular complexity index is 370. The molecular formula is C7H5N4O. The van der Waals surface area contributed by atoms with E-state index in [9.17, 15) is 5.21 Å². The number of hydrogen-bond acceptors (Lipinski definition) is 3. The molecule has 0 bridgehead atoms. The van der Waals surface area contributed by atoms with Gasteiger partial charge in [0.05, 0.1) is 0 Å². The summed E-state index contributed by atoms with van der Waals surface area (Å²) in [6.45, 7) is 0. The van der Waals surface area contributed by atoms with E-state index >= 15 is 0 Å².